The standard InChI is InChI=1S/C15H15BrN2O3/c1-21-10-12-5-3-2-4-11(12)9-17-13-6-7-15(18(19)20)14(16)8-13/h2-8,17H,9-10H2,1H3. The van der Waals surface area contributed by atoms with E-state index in [1.165, 1.54) is 6.07 Å². The summed E-state index contributed by atoms with van der Waals surface area (Å²) in [7, 11) is 1.66. The van der Waals surface area contributed by atoms with E-state index in [2.05, 4.69) is 21.2 Å². The summed E-state index contributed by atoms with van der Waals surface area (Å²) in [5.74, 6) is 0. The van der Waals surface area contributed by atoms with Gasteiger partial charge in [-0.25, -0.2) is 0 Å². The zero-order valence-corrected chi connectivity index (χ0v) is 13.1. The number of hydrogen-bond donors (Lipinski definition) is 1. The van der Waals surface area contributed by atoms with Gasteiger partial charge < -0.3 is 10.1 Å². The van der Waals surface area contributed by atoms with Crippen LogP contribution in [0.25, 0.3) is 0 Å². The second-order valence-corrected chi connectivity index (χ2v) is 5.33. The van der Waals surface area contributed by atoms with Crippen molar-refractivity contribution in [1.82, 2.24) is 0 Å². The summed E-state index contributed by atoms with van der Waals surface area (Å²) in [5, 5.41) is 14.0. The molecule has 0 aliphatic rings. The van der Waals surface area contributed by atoms with E-state index in [9.17, 15) is 10.1 Å². The summed E-state index contributed by atoms with van der Waals surface area (Å²) in [4.78, 5) is 10.4. The van der Waals surface area contributed by atoms with Crippen LogP contribution in [0.15, 0.2) is 46.9 Å². The van der Waals surface area contributed by atoms with Gasteiger partial charge in [0, 0.05) is 25.4 Å². The van der Waals surface area contributed by atoms with Crippen LogP contribution < -0.4 is 5.32 Å². The van der Waals surface area contributed by atoms with E-state index < -0.39 is 4.92 Å². The highest BCUT2D eigenvalue weighted by atomic mass is 79.9. The molecule has 0 unspecified atom stereocenters. The van der Waals surface area contributed by atoms with Crippen LogP contribution in [0.3, 0.4) is 0 Å². The molecule has 0 aliphatic heterocycles. The Labute approximate surface area is 131 Å². The fraction of sp³-hybridized carbons (Fsp3) is 0.200. The number of methoxy groups -OCH3 is 1. The zero-order valence-electron chi connectivity index (χ0n) is 11.5. The molecule has 21 heavy (non-hydrogen) atoms. The fourth-order valence-electron chi connectivity index (χ4n) is 1.99. The average Bonchev–Trinajstić information content (AvgIpc) is 2.46. The van der Waals surface area contributed by atoms with Crippen molar-refractivity contribution in [3.8, 4) is 0 Å². The van der Waals surface area contributed by atoms with Crippen LogP contribution in [0.1, 0.15) is 11.1 Å². The van der Waals surface area contributed by atoms with Gasteiger partial charge in [0.2, 0.25) is 0 Å². The average molecular weight is 351 g/mol. The van der Waals surface area contributed by atoms with Gasteiger partial charge in [-0.2, -0.15) is 0 Å². The third-order valence-corrected chi connectivity index (χ3v) is 3.68. The molecule has 6 heteroatoms. The highest BCUT2D eigenvalue weighted by molar-refractivity contribution is 9.10. The van der Waals surface area contributed by atoms with Crippen LogP contribution >= 0.6 is 15.9 Å². The van der Waals surface area contributed by atoms with Crippen molar-refractivity contribution in [2.24, 2.45) is 0 Å². The number of hydrogen-bond acceptors (Lipinski definition) is 4. The Morgan fingerprint density at radius 2 is 1.95 bits per heavy atom. The first-order valence-electron chi connectivity index (χ1n) is 6.35. The molecule has 0 saturated heterocycles. The molecule has 5 nitrogen and oxygen atoms in total. The van der Waals surface area contributed by atoms with Crippen molar-refractivity contribution < 1.29 is 9.66 Å². The van der Waals surface area contributed by atoms with Crippen LogP contribution in [0.2, 0.25) is 0 Å². The first-order valence-corrected chi connectivity index (χ1v) is 7.14. The van der Waals surface area contributed by atoms with Crippen molar-refractivity contribution in [3.05, 3.63) is 68.2 Å². The Hall–Kier alpha value is -1.92. The van der Waals surface area contributed by atoms with Gasteiger partial charge in [-0.1, -0.05) is 24.3 Å². The lowest BCUT2D eigenvalue weighted by Crippen LogP contribution is -2.04. The SMILES string of the molecule is COCc1ccccc1CNc1ccc([N+](=O)[O-])c(Br)c1. The molecule has 0 saturated carbocycles. The number of ether oxygens (including phenoxy) is 1. The molecule has 0 aliphatic carbocycles. The Kier molecular flexibility index (Phi) is 5.30. The van der Waals surface area contributed by atoms with Crippen LogP contribution in [0.4, 0.5) is 11.4 Å². The molecule has 1 N–H and O–H groups in total. The van der Waals surface area contributed by atoms with Crippen LogP contribution in [0, 0.1) is 10.1 Å². The number of nitrogens with one attached hydrogen (secondary N) is 1. The molecule has 0 spiro atoms. The lowest BCUT2D eigenvalue weighted by atomic mass is 10.1. The highest BCUT2D eigenvalue weighted by Crippen LogP contribution is 2.28. The Bertz CT molecular complexity index is 647. The Morgan fingerprint density at radius 1 is 1.24 bits per heavy atom. The van der Waals surface area contributed by atoms with E-state index in [4.69, 9.17) is 4.74 Å². The predicted molar refractivity (Wildman–Crippen MR) is 85.3 cm³/mol. The minimum atomic E-state index is -0.415. The van der Waals surface area contributed by atoms with E-state index in [1.54, 1.807) is 19.2 Å². The van der Waals surface area contributed by atoms with E-state index in [0.717, 1.165) is 16.8 Å². The Morgan fingerprint density at radius 3 is 2.57 bits per heavy atom. The van der Waals surface area contributed by atoms with E-state index >= 15 is 0 Å². The molecule has 0 aromatic heterocycles. The molecule has 2 aromatic carbocycles. The molecular formula is C15H15BrN2O3. The predicted octanol–water partition coefficient (Wildman–Crippen LogP) is 4.12. The first-order chi connectivity index (χ1) is 10.1. The summed E-state index contributed by atoms with van der Waals surface area (Å²) in [6.45, 7) is 1.19. The quantitative estimate of drug-likeness (QED) is 0.628. The summed E-state index contributed by atoms with van der Waals surface area (Å²) >= 11 is 3.21. The maximum absolute atomic E-state index is 10.8. The number of nitro groups is 1. The lowest BCUT2D eigenvalue weighted by Gasteiger charge is -2.11. The summed E-state index contributed by atoms with van der Waals surface area (Å²) in [6.07, 6.45) is 0. The normalized spacial score (nSPS) is 10.4. The number of anilines is 1. The minimum absolute atomic E-state index is 0.0559. The number of benzene rings is 2. The number of nitro benzene ring substituents is 1. The molecule has 0 radical (unpaired) electrons. The zero-order chi connectivity index (χ0) is 15.2. The maximum atomic E-state index is 10.8. The van der Waals surface area contributed by atoms with Crippen molar-refractivity contribution >= 4 is 27.3 Å². The van der Waals surface area contributed by atoms with Crippen molar-refractivity contribution in [2.45, 2.75) is 13.2 Å². The van der Waals surface area contributed by atoms with Crippen LogP contribution in [-0.2, 0) is 17.9 Å². The smallest absolute Gasteiger partial charge is 0.283 e. The van der Waals surface area contributed by atoms with Crippen molar-refractivity contribution in [3.63, 3.8) is 0 Å². The highest BCUT2D eigenvalue weighted by Gasteiger charge is 2.11. The van der Waals surface area contributed by atoms with Gasteiger partial charge in [-0.15, -0.1) is 0 Å². The van der Waals surface area contributed by atoms with Gasteiger partial charge in [-0.05, 0) is 39.2 Å². The third kappa shape index (κ3) is 4.03. The van der Waals surface area contributed by atoms with E-state index in [1.807, 2.05) is 24.3 Å². The Balaban J connectivity index is 2.10. The lowest BCUT2D eigenvalue weighted by molar-refractivity contribution is -0.385. The third-order valence-electron chi connectivity index (χ3n) is 3.05. The largest absolute Gasteiger partial charge is 0.381 e. The topological polar surface area (TPSA) is 64.4 Å². The number of rotatable bonds is 6. The van der Waals surface area contributed by atoms with E-state index in [0.29, 0.717) is 17.6 Å². The monoisotopic (exact) mass is 350 g/mol. The van der Waals surface area contributed by atoms with Crippen LogP contribution in [-0.4, -0.2) is 12.0 Å². The molecule has 0 heterocycles. The van der Waals surface area contributed by atoms with Crippen molar-refractivity contribution in [2.75, 3.05) is 12.4 Å². The van der Waals surface area contributed by atoms with Crippen LogP contribution in [0.5, 0.6) is 0 Å². The maximum Gasteiger partial charge on any atom is 0.283 e. The summed E-state index contributed by atoms with van der Waals surface area (Å²) in [5.41, 5.74) is 3.13. The van der Waals surface area contributed by atoms with Gasteiger partial charge in [0.25, 0.3) is 5.69 Å². The van der Waals surface area contributed by atoms with Gasteiger partial charge in [0.1, 0.15) is 0 Å². The fourth-order valence-corrected chi connectivity index (χ4v) is 2.51. The van der Waals surface area contributed by atoms with Crippen molar-refractivity contribution in [1.29, 1.82) is 0 Å². The second-order valence-electron chi connectivity index (χ2n) is 4.48. The molecule has 110 valence electrons. The summed E-state index contributed by atoms with van der Waals surface area (Å²) in [6, 6.07) is 12.9. The molecular weight excluding hydrogens is 336 g/mol. The van der Waals surface area contributed by atoms with Gasteiger partial charge in [-0.3, -0.25) is 10.1 Å². The molecule has 0 atom stereocenters. The molecule has 2 aromatic rings. The molecule has 0 amide bonds. The van der Waals surface area contributed by atoms with E-state index in [-0.39, 0.29) is 5.69 Å². The second kappa shape index (κ2) is 7.19. The van der Waals surface area contributed by atoms with Gasteiger partial charge in [0.15, 0.2) is 0 Å². The van der Waals surface area contributed by atoms with Gasteiger partial charge in [0.05, 0.1) is 16.0 Å². The molecule has 0 fully saturated rings. The minimum Gasteiger partial charge on any atom is -0.381 e. The summed E-state index contributed by atoms with van der Waals surface area (Å²) < 4.78 is 5.63. The first kappa shape index (κ1) is 15.5. The molecule has 0 bridgehead atoms. The number of halogens is 1. The number of nitrogens with zero attached hydrogens (tertiary/aromatic N) is 1. The van der Waals surface area contributed by atoms with Gasteiger partial charge >= 0.3 is 0 Å². The molecule has 2 rings (SSSR count).